The Morgan fingerprint density at radius 3 is 2.23 bits per heavy atom. The summed E-state index contributed by atoms with van der Waals surface area (Å²) in [6, 6.07) is 25.9. The van der Waals surface area contributed by atoms with Crippen molar-refractivity contribution in [3.05, 3.63) is 108 Å². The van der Waals surface area contributed by atoms with Gasteiger partial charge >= 0.3 is 0 Å². The maximum Gasteiger partial charge on any atom is 0.264 e. The maximum absolute atomic E-state index is 13.8. The lowest BCUT2D eigenvalue weighted by Crippen LogP contribution is -2.64. The molecule has 2 aliphatic carbocycles. The van der Waals surface area contributed by atoms with Crippen molar-refractivity contribution in [2.75, 3.05) is 10.8 Å². The third-order valence-electron chi connectivity index (χ3n) is 7.85. The number of benzene rings is 3. The van der Waals surface area contributed by atoms with Crippen LogP contribution in [0, 0.1) is 18.3 Å². The molecule has 0 bridgehead atoms. The minimum atomic E-state index is -3.67. The maximum atomic E-state index is 13.8. The van der Waals surface area contributed by atoms with Crippen LogP contribution in [0.2, 0.25) is 0 Å². The highest BCUT2D eigenvalue weighted by atomic mass is 32.2. The monoisotopic (exact) mass is 427 g/mol. The molecular weight excluding hydrogens is 402 g/mol. The van der Waals surface area contributed by atoms with Gasteiger partial charge in [0.2, 0.25) is 0 Å². The molecule has 1 spiro atoms. The Labute approximate surface area is 184 Å². The fourth-order valence-corrected chi connectivity index (χ4v) is 7.82. The number of sulfonamides is 1. The van der Waals surface area contributed by atoms with E-state index >= 15 is 0 Å². The minimum absolute atomic E-state index is 0.0643. The van der Waals surface area contributed by atoms with Crippen LogP contribution < -0.4 is 4.31 Å². The van der Waals surface area contributed by atoms with Crippen molar-refractivity contribution in [3.8, 4) is 0 Å². The average Bonchev–Trinajstić information content (AvgIpc) is 3.62. The number of aryl methyl sites for hydroxylation is 1. The first kappa shape index (κ1) is 18.9. The average molecular weight is 428 g/mol. The van der Waals surface area contributed by atoms with Crippen LogP contribution in [0.3, 0.4) is 0 Å². The van der Waals surface area contributed by atoms with Crippen molar-refractivity contribution in [1.29, 1.82) is 0 Å². The molecule has 1 aliphatic heterocycles. The minimum Gasteiger partial charge on any atom is -0.265 e. The first-order valence-corrected chi connectivity index (χ1v) is 12.3. The van der Waals surface area contributed by atoms with Crippen LogP contribution in [0.4, 0.5) is 5.69 Å². The van der Waals surface area contributed by atoms with E-state index in [2.05, 4.69) is 36.9 Å². The van der Waals surface area contributed by atoms with E-state index in [4.69, 9.17) is 0 Å². The molecule has 0 amide bonds. The smallest absolute Gasteiger partial charge is 0.264 e. The summed E-state index contributed by atoms with van der Waals surface area (Å²) in [5, 5.41) is 0. The summed E-state index contributed by atoms with van der Waals surface area (Å²) in [6.07, 6.45) is 2.24. The number of anilines is 1. The third-order valence-corrected chi connectivity index (χ3v) is 9.64. The highest BCUT2D eigenvalue weighted by molar-refractivity contribution is 7.92. The lowest BCUT2D eigenvalue weighted by molar-refractivity contribution is 0.134. The number of fused-ring (bicyclic) bond motifs is 4. The Bertz CT molecular complexity index is 1310. The van der Waals surface area contributed by atoms with Gasteiger partial charge in [-0.2, -0.15) is 0 Å². The second-order valence-electron chi connectivity index (χ2n) is 9.20. The summed E-state index contributed by atoms with van der Waals surface area (Å²) < 4.78 is 29.1. The lowest BCUT2D eigenvalue weighted by atomic mass is 9.41. The topological polar surface area (TPSA) is 37.4 Å². The van der Waals surface area contributed by atoms with Gasteiger partial charge in [0.1, 0.15) is 0 Å². The van der Waals surface area contributed by atoms with Gasteiger partial charge in [0.25, 0.3) is 10.0 Å². The zero-order valence-electron chi connectivity index (χ0n) is 17.6. The second kappa shape index (κ2) is 6.10. The van der Waals surface area contributed by atoms with E-state index in [1.807, 2.05) is 43.3 Å². The van der Waals surface area contributed by atoms with E-state index in [0.717, 1.165) is 29.7 Å². The zero-order valence-corrected chi connectivity index (χ0v) is 18.4. The molecule has 0 aromatic heterocycles. The molecule has 3 nitrogen and oxygen atoms in total. The van der Waals surface area contributed by atoms with Gasteiger partial charge in [-0.3, -0.25) is 4.31 Å². The van der Waals surface area contributed by atoms with Gasteiger partial charge < -0.3 is 0 Å². The third kappa shape index (κ3) is 2.21. The largest absolute Gasteiger partial charge is 0.265 e. The van der Waals surface area contributed by atoms with E-state index in [0.29, 0.717) is 11.4 Å². The summed E-state index contributed by atoms with van der Waals surface area (Å²) in [6.45, 7) is 6.88. The van der Waals surface area contributed by atoms with Crippen molar-refractivity contribution < 1.29 is 8.42 Å². The van der Waals surface area contributed by atoms with Gasteiger partial charge in [0.05, 0.1) is 10.6 Å². The van der Waals surface area contributed by atoms with Crippen molar-refractivity contribution in [2.24, 2.45) is 11.3 Å². The molecule has 0 unspecified atom stereocenters. The predicted octanol–water partition coefficient (Wildman–Crippen LogP) is 5.46. The number of hydrogen-bond acceptors (Lipinski definition) is 2. The van der Waals surface area contributed by atoms with E-state index in [1.54, 1.807) is 16.4 Å². The van der Waals surface area contributed by atoms with E-state index < -0.39 is 10.0 Å². The molecule has 0 N–H and O–H groups in total. The number of para-hydroxylation sites is 1. The molecule has 1 heterocycles. The molecule has 2 atom stereocenters. The molecule has 0 radical (unpaired) electrons. The molecule has 3 aromatic rings. The number of rotatable bonds is 3. The number of nitrogens with zero attached hydrogens (tertiary/aromatic N) is 1. The van der Waals surface area contributed by atoms with Crippen LogP contribution >= 0.6 is 0 Å². The molecule has 3 aromatic carbocycles. The molecule has 31 heavy (non-hydrogen) atoms. The van der Waals surface area contributed by atoms with Crippen LogP contribution in [-0.2, 0) is 15.4 Å². The Morgan fingerprint density at radius 2 is 1.55 bits per heavy atom. The Kier molecular flexibility index (Phi) is 3.72. The van der Waals surface area contributed by atoms with Crippen LogP contribution in [0.5, 0.6) is 0 Å². The predicted molar refractivity (Wildman–Crippen MR) is 124 cm³/mol. The lowest BCUT2D eigenvalue weighted by Gasteiger charge is -2.64. The highest BCUT2D eigenvalue weighted by Gasteiger charge is 2.76. The van der Waals surface area contributed by atoms with Gasteiger partial charge in [0.15, 0.2) is 0 Å². The van der Waals surface area contributed by atoms with Crippen molar-refractivity contribution in [1.82, 2.24) is 0 Å². The van der Waals surface area contributed by atoms with Crippen LogP contribution in [-0.4, -0.2) is 15.0 Å². The fraction of sp³-hybridized carbons (Fsp3) is 0.259. The SMILES string of the molecule is C=C1[C@H]2CN(S(=O)(=O)c3ccc(C)cc3)c3ccccc3[C@@]2(c2ccccc2)C12CC2. The first-order chi connectivity index (χ1) is 14.9. The Hall–Kier alpha value is -2.85. The summed E-state index contributed by atoms with van der Waals surface area (Å²) in [5.41, 5.74) is 5.35. The summed E-state index contributed by atoms with van der Waals surface area (Å²) >= 11 is 0. The van der Waals surface area contributed by atoms with Crippen molar-refractivity contribution >= 4 is 15.7 Å². The second-order valence-corrected chi connectivity index (χ2v) is 11.1. The fourth-order valence-electron chi connectivity index (χ4n) is 6.32. The number of hydrogen-bond donors (Lipinski definition) is 0. The standard InChI is InChI=1S/C27H25NO2S/c1-19-12-14-22(15-13-19)31(29,30)28-18-24-20(2)26(16-17-26)27(24,21-8-4-3-5-9-21)23-10-6-7-11-25(23)28/h3-15,24H,2,16-18H2,1H3/t24-,27-/m1/s1. The van der Waals surface area contributed by atoms with Crippen molar-refractivity contribution in [2.45, 2.75) is 30.1 Å². The molecule has 3 aliphatic rings. The van der Waals surface area contributed by atoms with Crippen LogP contribution in [0.1, 0.15) is 29.5 Å². The van der Waals surface area contributed by atoms with Gasteiger partial charge in [0, 0.05) is 23.3 Å². The summed E-state index contributed by atoms with van der Waals surface area (Å²) in [4.78, 5) is 0.339. The quantitative estimate of drug-likeness (QED) is 0.521. The van der Waals surface area contributed by atoms with Gasteiger partial charge in [-0.1, -0.05) is 78.4 Å². The first-order valence-electron chi connectivity index (χ1n) is 10.9. The van der Waals surface area contributed by atoms with E-state index in [9.17, 15) is 8.42 Å². The Balaban J connectivity index is 1.58. The van der Waals surface area contributed by atoms with Crippen molar-refractivity contribution in [3.63, 3.8) is 0 Å². The molecule has 6 rings (SSSR count). The van der Waals surface area contributed by atoms with E-state index in [1.165, 1.54) is 11.1 Å². The van der Waals surface area contributed by atoms with Gasteiger partial charge in [-0.15, -0.1) is 0 Å². The van der Waals surface area contributed by atoms with Gasteiger partial charge in [-0.25, -0.2) is 8.42 Å². The van der Waals surface area contributed by atoms with Crippen LogP contribution in [0.25, 0.3) is 0 Å². The molecule has 2 fully saturated rings. The molecule has 0 saturated heterocycles. The molecular formula is C27H25NO2S. The Morgan fingerprint density at radius 1 is 0.903 bits per heavy atom. The van der Waals surface area contributed by atoms with Crippen LogP contribution in [0.15, 0.2) is 95.9 Å². The summed E-state index contributed by atoms with van der Waals surface area (Å²) in [7, 11) is -3.67. The highest BCUT2D eigenvalue weighted by Crippen LogP contribution is 2.80. The summed E-state index contributed by atoms with van der Waals surface area (Å²) in [5.74, 6) is 0.0764. The van der Waals surface area contributed by atoms with E-state index in [-0.39, 0.29) is 16.7 Å². The zero-order chi connectivity index (χ0) is 21.4. The van der Waals surface area contributed by atoms with Gasteiger partial charge in [-0.05, 0) is 49.1 Å². The molecule has 4 heteroatoms. The molecule has 2 saturated carbocycles. The normalized spacial score (nSPS) is 25.5. The molecule has 156 valence electrons.